The molecule has 104 valence electrons. The topological polar surface area (TPSA) is 17.1 Å². The summed E-state index contributed by atoms with van der Waals surface area (Å²) in [6, 6.07) is 9.77. The predicted octanol–water partition coefficient (Wildman–Crippen LogP) is 4.97. The molecule has 0 amide bonds. The highest BCUT2D eigenvalue weighted by molar-refractivity contribution is 5.96. The highest BCUT2D eigenvalue weighted by Gasteiger charge is 2.32. The van der Waals surface area contributed by atoms with Crippen LogP contribution >= 0.6 is 0 Å². The highest BCUT2D eigenvalue weighted by Crippen LogP contribution is 2.40. The largest absolute Gasteiger partial charge is 0.294 e. The molecule has 0 heterocycles. The number of carbonyl (C=O) groups excluding carboxylic acids is 1. The van der Waals surface area contributed by atoms with Gasteiger partial charge in [-0.15, -0.1) is 0 Å². The number of ketones is 1. The molecule has 1 fully saturated rings. The standard InChI is InChI=1S/C18H26O/c1-13(2)17-10-9-14(3)11-16(17)12-18(19)15-7-5-4-6-8-15/h4-8,13-14,16-17H,9-12H2,1-3H3. The lowest BCUT2D eigenvalue weighted by Crippen LogP contribution is -2.29. The van der Waals surface area contributed by atoms with Gasteiger partial charge in [0.05, 0.1) is 0 Å². The van der Waals surface area contributed by atoms with Gasteiger partial charge in [0.15, 0.2) is 5.78 Å². The SMILES string of the molecule is CC1CCC(C(C)C)C(CC(=O)c2ccccc2)C1. The fraction of sp³-hybridized carbons (Fsp3) is 0.611. The Hall–Kier alpha value is -1.11. The Balaban J connectivity index is 2.04. The molecular weight excluding hydrogens is 232 g/mol. The molecule has 1 aliphatic rings. The third kappa shape index (κ3) is 3.68. The maximum Gasteiger partial charge on any atom is 0.163 e. The Labute approximate surface area is 117 Å². The second-order valence-corrected chi connectivity index (χ2v) is 6.58. The van der Waals surface area contributed by atoms with Crippen LogP contribution in [0.15, 0.2) is 30.3 Å². The molecule has 1 aromatic rings. The van der Waals surface area contributed by atoms with Crippen LogP contribution < -0.4 is 0 Å². The first-order valence-corrected chi connectivity index (χ1v) is 7.66. The van der Waals surface area contributed by atoms with E-state index >= 15 is 0 Å². The summed E-state index contributed by atoms with van der Waals surface area (Å²) >= 11 is 0. The van der Waals surface area contributed by atoms with Crippen molar-refractivity contribution in [3.63, 3.8) is 0 Å². The molecule has 3 atom stereocenters. The number of carbonyl (C=O) groups is 1. The Bertz CT molecular complexity index is 407. The Morgan fingerprint density at radius 1 is 1.21 bits per heavy atom. The molecule has 1 saturated carbocycles. The van der Waals surface area contributed by atoms with E-state index in [1.807, 2.05) is 30.3 Å². The van der Waals surface area contributed by atoms with Crippen molar-refractivity contribution in [3.05, 3.63) is 35.9 Å². The summed E-state index contributed by atoms with van der Waals surface area (Å²) in [6.45, 7) is 6.94. The van der Waals surface area contributed by atoms with Crippen LogP contribution in [0.1, 0.15) is 56.8 Å². The van der Waals surface area contributed by atoms with E-state index < -0.39 is 0 Å². The van der Waals surface area contributed by atoms with Crippen molar-refractivity contribution in [3.8, 4) is 0 Å². The third-order valence-corrected chi connectivity index (χ3v) is 4.70. The molecule has 19 heavy (non-hydrogen) atoms. The Morgan fingerprint density at radius 2 is 1.89 bits per heavy atom. The molecule has 0 spiro atoms. The zero-order valence-corrected chi connectivity index (χ0v) is 12.4. The van der Waals surface area contributed by atoms with Gasteiger partial charge in [-0.2, -0.15) is 0 Å². The van der Waals surface area contributed by atoms with E-state index in [4.69, 9.17) is 0 Å². The molecule has 0 bridgehead atoms. The van der Waals surface area contributed by atoms with Crippen LogP contribution in [0.2, 0.25) is 0 Å². The van der Waals surface area contributed by atoms with Gasteiger partial charge in [0.1, 0.15) is 0 Å². The number of Topliss-reactive ketones (excluding diaryl/α,β-unsaturated/α-hetero) is 1. The van der Waals surface area contributed by atoms with E-state index in [9.17, 15) is 4.79 Å². The first kappa shape index (κ1) is 14.3. The highest BCUT2D eigenvalue weighted by atomic mass is 16.1. The fourth-order valence-electron chi connectivity index (χ4n) is 3.61. The van der Waals surface area contributed by atoms with Gasteiger partial charge >= 0.3 is 0 Å². The smallest absolute Gasteiger partial charge is 0.163 e. The molecule has 0 aromatic heterocycles. The van der Waals surface area contributed by atoms with Crippen LogP contribution in [0, 0.1) is 23.7 Å². The van der Waals surface area contributed by atoms with Crippen molar-refractivity contribution >= 4 is 5.78 Å². The number of rotatable bonds is 4. The summed E-state index contributed by atoms with van der Waals surface area (Å²) in [4.78, 5) is 12.4. The normalized spacial score (nSPS) is 27.5. The van der Waals surface area contributed by atoms with Gasteiger partial charge in [-0.05, 0) is 36.5 Å². The van der Waals surface area contributed by atoms with Crippen LogP contribution in [-0.4, -0.2) is 5.78 Å². The monoisotopic (exact) mass is 258 g/mol. The average molecular weight is 258 g/mol. The molecule has 0 N–H and O–H groups in total. The first-order valence-electron chi connectivity index (χ1n) is 7.66. The maximum atomic E-state index is 12.4. The van der Waals surface area contributed by atoms with Crippen molar-refractivity contribution in [2.45, 2.75) is 46.5 Å². The van der Waals surface area contributed by atoms with Crippen LogP contribution in [-0.2, 0) is 0 Å². The van der Waals surface area contributed by atoms with Crippen LogP contribution in [0.3, 0.4) is 0 Å². The van der Waals surface area contributed by atoms with Gasteiger partial charge in [-0.1, -0.05) is 57.5 Å². The van der Waals surface area contributed by atoms with Crippen LogP contribution in [0.25, 0.3) is 0 Å². The maximum absolute atomic E-state index is 12.4. The average Bonchev–Trinajstić information content (AvgIpc) is 2.39. The summed E-state index contributed by atoms with van der Waals surface area (Å²) in [7, 11) is 0. The molecular formula is C18H26O. The van der Waals surface area contributed by atoms with Crippen molar-refractivity contribution in [2.24, 2.45) is 23.7 Å². The van der Waals surface area contributed by atoms with Gasteiger partial charge in [0.2, 0.25) is 0 Å². The summed E-state index contributed by atoms with van der Waals surface area (Å²) in [5, 5.41) is 0. The third-order valence-electron chi connectivity index (χ3n) is 4.70. The number of hydrogen-bond donors (Lipinski definition) is 0. The fourth-order valence-corrected chi connectivity index (χ4v) is 3.61. The Kier molecular flexibility index (Phi) is 4.79. The second kappa shape index (κ2) is 6.36. The quantitative estimate of drug-likeness (QED) is 0.697. The lowest BCUT2D eigenvalue weighted by atomic mass is 9.68. The molecule has 0 radical (unpaired) electrons. The minimum Gasteiger partial charge on any atom is -0.294 e. The number of hydrogen-bond acceptors (Lipinski definition) is 1. The molecule has 1 nitrogen and oxygen atoms in total. The zero-order chi connectivity index (χ0) is 13.8. The van der Waals surface area contributed by atoms with E-state index in [-0.39, 0.29) is 0 Å². The summed E-state index contributed by atoms with van der Waals surface area (Å²) < 4.78 is 0. The first-order chi connectivity index (χ1) is 9.08. The molecule has 2 rings (SSSR count). The van der Waals surface area contributed by atoms with E-state index in [1.54, 1.807) is 0 Å². The van der Waals surface area contributed by atoms with E-state index in [1.165, 1.54) is 19.3 Å². The minimum atomic E-state index is 0.324. The molecule has 0 aliphatic heterocycles. The van der Waals surface area contributed by atoms with Crippen LogP contribution in [0.4, 0.5) is 0 Å². The molecule has 3 unspecified atom stereocenters. The van der Waals surface area contributed by atoms with Crippen molar-refractivity contribution in [2.75, 3.05) is 0 Å². The van der Waals surface area contributed by atoms with Gasteiger partial charge in [-0.25, -0.2) is 0 Å². The lowest BCUT2D eigenvalue weighted by Gasteiger charge is -2.37. The second-order valence-electron chi connectivity index (χ2n) is 6.58. The van der Waals surface area contributed by atoms with Gasteiger partial charge in [-0.3, -0.25) is 4.79 Å². The summed E-state index contributed by atoms with van der Waals surface area (Å²) in [5.41, 5.74) is 0.878. The predicted molar refractivity (Wildman–Crippen MR) is 80.2 cm³/mol. The van der Waals surface area contributed by atoms with Gasteiger partial charge < -0.3 is 0 Å². The summed E-state index contributed by atoms with van der Waals surface area (Å²) in [6.07, 6.45) is 4.59. The minimum absolute atomic E-state index is 0.324. The van der Waals surface area contributed by atoms with E-state index in [0.29, 0.717) is 17.6 Å². The van der Waals surface area contributed by atoms with Crippen molar-refractivity contribution in [1.29, 1.82) is 0 Å². The molecule has 1 aromatic carbocycles. The molecule has 1 aliphatic carbocycles. The van der Waals surface area contributed by atoms with Crippen LogP contribution in [0.5, 0.6) is 0 Å². The lowest BCUT2D eigenvalue weighted by molar-refractivity contribution is 0.0855. The van der Waals surface area contributed by atoms with Crippen molar-refractivity contribution in [1.82, 2.24) is 0 Å². The number of benzene rings is 1. The Morgan fingerprint density at radius 3 is 2.53 bits per heavy atom. The van der Waals surface area contributed by atoms with E-state index in [2.05, 4.69) is 20.8 Å². The molecule has 0 saturated heterocycles. The molecule has 1 heteroatoms. The summed E-state index contributed by atoms with van der Waals surface area (Å²) in [5.74, 6) is 3.11. The van der Waals surface area contributed by atoms with Gasteiger partial charge in [0, 0.05) is 12.0 Å². The van der Waals surface area contributed by atoms with E-state index in [0.717, 1.165) is 23.8 Å². The zero-order valence-electron chi connectivity index (χ0n) is 12.4. The van der Waals surface area contributed by atoms with Crippen molar-refractivity contribution < 1.29 is 4.79 Å². The van der Waals surface area contributed by atoms with Gasteiger partial charge in [0.25, 0.3) is 0 Å².